The van der Waals surface area contributed by atoms with Crippen molar-refractivity contribution >= 4 is 7.82 Å². The van der Waals surface area contributed by atoms with Gasteiger partial charge in [0.05, 0.1) is 6.61 Å². The van der Waals surface area contributed by atoms with Crippen LogP contribution in [0.4, 0.5) is 0 Å². The van der Waals surface area contributed by atoms with Crippen LogP contribution in [-0.2, 0) is 22.1 Å². The average Bonchev–Trinajstić information content (AvgIpc) is 2.24. The van der Waals surface area contributed by atoms with Crippen LogP contribution >= 0.6 is 7.82 Å². The van der Waals surface area contributed by atoms with Gasteiger partial charge in [-0.15, -0.1) is 0 Å². The predicted octanol–water partition coefficient (Wildman–Crippen LogP) is 2.98. The Hall–Kier alpha value is -0.670. The Balaban J connectivity index is 2.86. The van der Waals surface area contributed by atoms with Crippen LogP contribution in [0.5, 0.6) is 0 Å². The van der Waals surface area contributed by atoms with Crippen LogP contribution in [0, 0.1) is 0 Å². The number of hydrogen-bond acceptors (Lipinski definition) is 2. The minimum atomic E-state index is -4.39. The molecule has 2 N–H and O–H groups in total. The average molecular weight is 258 g/mol. The van der Waals surface area contributed by atoms with Gasteiger partial charge < -0.3 is 9.79 Å². The Labute approximate surface area is 102 Å². The molecule has 4 nitrogen and oxygen atoms in total. The van der Waals surface area contributed by atoms with Crippen molar-refractivity contribution in [1.82, 2.24) is 0 Å². The van der Waals surface area contributed by atoms with Crippen LogP contribution in [0.1, 0.15) is 43.4 Å². The number of benzene rings is 1. The molecule has 96 valence electrons. The molecule has 17 heavy (non-hydrogen) atoms. The smallest absolute Gasteiger partial charge is 0.303 e. The lowest BCUT2D eigenvalue weighted by Gasteiger charge is -2.13. The van der Waals surface area contributed by atoms with E-state index in [4.69, 9.17) is 9.79 Å². The van der Waals surface area contributed by atoms with Crippen molar-refractivity contribution in [3.8, 4) is 0 Å². The second-order valence-corrected chi connectivity index (χ2v) is 5.54. The Morgan fingerprint density at radius 2 is 2.00 bits per heavy atom. The fourth-order valence-electron chi connectivity index (χ4n) is 1.78. The van der Waals surface area contributed by atoms with Gasteiger partial charge in [0.25, 0.3) is 0 Å². The second-order valence-electron chi connectivity index (χ2n) is 4.31. The normalized spacial score (nSPS) is 12.1. The molecule has 1 aromatic carbocycles. The van der Waals surface area contributed by atoms with E-state index in [0.717, 1.165) is 12.0 Å². The van der Waals surface area contributed by atoms with Gasteiger partial charge in [-0.2, -0.15) is 0 Å². The molecule has 0 amide bonds. The zero-order valence-corrected chi connectivity index (χ0v) is 11.3. The van der Waals surface area contributed by atoms with E-state index in [9.17, 15) is 4.57 Å². The third-order valence-corrected chi connectivity index (χ3v) is 3.08. The fourth-order valence-corrected chi connectivity index (χ4v) is 2.09. The molecule has 0 radical (unpaired) electrons. The Kier molecular flexibility index (Phi) is 4.90. The highest BCUT2D eigenvalue weighted by Gasteiger charge is 2.14. The minimum Gasteiger partial charge on any atom is -0.303 e. The highest BCUT2D eigenvalue weighted by molar-refractivity contribution is 7.46. The largest absolute Gasteiger partial charge is 0.469 e. The van der Waals surface area contributed by atoms with Crippen LogP contribution in [0.15, 0.2) is 18.2 Å². The summed E-state index contributed by atoms with van der Waals surface area (Å²) in [5.74, 6) is 0.446. The zero-order chi connectivity index (χ0) is 13.1. The third-order valence-electron chi connectivity index (χ3n) is 2.61. The molecule has 1 aromatic rings. The number of aryl methyl sites for hydroxylation is 1. The van der Waals surface area contributed by atoms with E-state index in [1.165, 1.54) is 11.1 Å². The van der Waals surface area contributed by atoms with Gasteiger partial charge >= 0.3 is 7.82 Å². The highest BCUT2D eigenvalue weighted by Crippen LogP contribution is 2.37. The summed E-state index contributed by atoms with van der Waals surface area (Å²) >= 11 is 0. The lowest BCUT2D eigenvalue weighted by Crippen LogP contribution is -1.98. The number of phosphoric ester groups is 1. The van der Waals surface area contributed by atoms with Crippen molar-refractivity contribution < 1.29 is 18.9 Å². The minimum absolute atomic E-state index is 0.0599. The molecule has 5 heteroatoms. The Morgan fingerprint density at radius 1 is 1.35 bits per heavy atom. The molecule has 0 aliphatic heterocycles. The van der Waals surface area contributed by atoms with Gasteiger partial charge in [-0.25, -0.2) is 4.57 Å². The summed E-state index contributed by atoms with van der Waals surface area (Å²) in [5.41, 5.74) is 3.26. The molecule has 0 fully saturated rings. The second kappa shape index (κ2) is 5.78. The fraction of sp³-hybridized carbons (Fsp3) is 0.500. The molecule has 0 aliphatic carbocycles. The van der Waals surface area contributed by atoms with Crippen LogP contribution in [-0.4, -0.2) is 9.79 Å². The maximum atomic E-state index is 10.6. The van der Waals surface area contributed by atoms with Gasteiger partial charge in [0, 0.05) is 0 Å². The molecule has 0 heterocycles. The van der Waals surface area contributed by atoms with Crippen molar-refractivity contribution in [2.45, 2.75) is 39.7 Å². The van der Waals surface area contributed by atoms with Gasteiger partial charge in [-0.3, -0.25) is 4.52 Å². The number of rotatable bonds is 5. The molecular formula is C12H19O4P. The molecule has 0 bridgehead atoms. The van der Waals surface area contributed by atoms with E-state index >= 15 is 0 Å². The molecule has 0 aromatic heterocycles. The van der Waals surface area contributed by atoms with Gasteiger partial charge in [0.15, 0.2) is 0 Å². The van der Waals surface area contributed by atoms with E-state index in [1.54, 1.807) is 0 Å². The van der Waals surface area contributed by atoms with Gasteiger partial charge in [-0.1, -0.05) is 39.0 Å². The van der Waals surface area contributed by atoms with E-state index in [0.29, 0.717) is 5.92 Å². The summed E-state index contributed by atoms with van der Waals surface area (Å²) in [7, 11) is -4.39. The molecule has 0 spiro atoms. The van der Waals surface area contributed by atoms with Crippen LogP contribution in [0.3, 0.4) is 0 Å². The molecular weight excluding hydrogens is 239 g/mol. The Bertz CT molecular complexity index is 423. The summed E-state index contributed by atoms with van der Waals surface area (Å²) in [4.78, 5) is 17.3. The first-order valence-electron chi connectivity index (χ1n) is 5.65. The summed E-state index contributed by atoms with van der Waals surface area (Å²) in [6, 6.07) is 5.80. The zero-order valence-electron chi connectivity index (χ0n) is 10.4. The van der Waals surface area contributed by atoms with Gasteiger partial charge in [0.1, 0.15) is 0 Å². The maximum absolute atomic E-state index is 10.6. The Morgan fingerprint density at radius 3 is 2.47 bits per heavy atom. The first-order valence-corrected chi connectivity index (χ1v) is 7.18. The highest BCUT2D eigenvalue weighted by atomic mass is 31.2. The first-order chi connectivity index (χ1) is 7.83. The standard InChI is InChI=1S/C12H19O4P/c1-4-11-7-10(8-16-17(13,14)15)5-6-12(11)9(2)3/h5-7,9H,4,8H2,1-3H3,(H2,13,14,15). The van der Waals surface area contributed by atoms with Crippen LogP contribution < -0.4 is 0 Å². The quantitative estimate of drug-likeness (QED) is 0.797. The summed E-state index contributed by atoms with van der Waals surface area (Å²) < 4.78 is 15.1. The van der Waals surface area contributed by atoms with Gasteiger partial charge in [0.2, 0.25) is 0 Å². The van der Waals surface area contributed by atoms with E-state index in [2.05, 4.69) is 25.3 Å². The summed E-state index contributed by atoms with van der Waals surface area (Å²) in [6.07, 6.45) is 0.900. The van der Waals surface area contributed by atoms with E-state index in [-0.39, 0.29) is 6.61 Å². The number of hydrogen-bond donors (Lipinski definition) is 2. The predicted molar refractivity (Wildman–Crippen MR) is 66.7 cm³/mol. The lowest BCUT2D eigenvalue weighted by molar-refractivity contribution is 0.189. The molecule has 0 aliphatic rings. The molecule has 0 saturated heterocycles. The molecule has 0 unspecified atom stereocenters. The van der Waals surface area contributed by atoms with E-state index in [1.807, 2.05) is 18.2 Å². The summed E-state index contributed by atoms with van der Waals surface area (Å²) in [6.45, 7) is 6.26. The van der Waals surface area contributed by atoms with Crippen LogP contribution in [0.2, 0.25) is 0 Å². The van der Waals surface area contributed by atoms with Gasteiger partial charge in [-0.05, 0) is 29.0 Å². The monoisotopic (exact) mass is 258 g/mol. The maximum Gasteiger partial charge on any atom is 0.469 e. The lowest BCUT2D eigenvalue weighted by atomic mass is 9.94. The molecule has 1 rings (SSSR count). The topological polar surface area (TPSA) is 66.8 Å². The van der Waals surface area contributed by atoms with Crippen molar-refractivity contribution in [2.75, 3.05) is 0 Å². The SMILES string of the molecule is CCc1cc(COP(=O)(O)O)ccc1C(C)C. The number of phosphoric acid groups is 1. The van der Waals surface area contributed by atoms with Crippen molar-refractivity contribution in [3.63, 3.8) is 0 Å². The van der Waals surface area contributed by atoms with Crippen molar-refractivity contribution in [3.05, 3.63) is 34.9 Å². The van der Waals surface area contributed by atoms with Crippen molar-refractivity contribution in [2.24, 2.45) is 0 Å². The van der Waals surface area contributed by atoms with E-state index < -0.39 is 7.82 Å². The van der Waals surface area contributed by atoms with Crippen molar-refractivity contribution in [1.29, 1.82) is 0 Å². The van der Waals surface area contributed by atoms with Crippen LogP contribution in [0.25, 0.3) is 0 Å². The summed E-state index contributed by atoms with van der Waals surface area (Å²) in [5, 5.41) is 0. The first kappa shape index (κ1) is 14.4. The molecule has 0 atom stereocenters. The molecule has 0 saturated carbocycles. The third kappa shape index (κ3) is 4.60.